The van der Waals surface area contributed by atoms with Crippen LogP contribution in [0.1, 0.15) is 0 Å². The van der Waals surface area contributed by atoms with Gasteiger partial charge in [0.1, 0.15) is 22.3 Å². The Bertz CT molecular complexity index is 3530. The summed E-state index contributed by atoms with van der Waals surface area (Å²) in [5.41, 5.74) is 11.6. The molecular formula is C51H30N4O2. The van der Waals surface area contributed by atoms with Gasteiger partial charge in [-0.3, -0.25) is 0 Å². The standard InChI is InChI=1S/C51H30N4O2/c1-3-12-31(13-4-1)33-16-11-17-36(26-33)55-43-20-9-7-18-37(43)40-30-48-42(29-44(40)55)41-27-34(23-25-46(41)57-48)50-52-49(32-14-5-2-6-15-32)53-51(54-50)35-22-24-39-38-19-8-10-21-45(38)56-47(39)28-35/h1-30H. The van der Waals surface area contributed by atoms with E-state index in [9.17, 15) is 0 Å². The Hall–Kier alpha value is -7.83. The molecule has 0 spiro atoms. The molecule has 0 amide bonds. The zero-order chi connectivity index (χ0) is 37.5. The summed E-state index contributed by atoms with van der Waals surface area (Å²) in [6.45, 7) is 0. The SMILES string of the molecule is c1ccc(-c2cccc(-n3c4ccccc4c4cc5oc6ccc(-c7nc(-c8ccccc8)nc(-c8ccc9c(c8)oc8ccccc89)n7)cc6c5cc43)c2)cc1. The minimum Gasteiger partial charge on any atom is -0.456 e. The maximum atomic E-state index is 6.57. The predicted molar refractivity (Wildman–Crippen MR) is 230 cm³/mol. The molecular weight excluding hydrogens is 701 g/mol. The first kappa shape index (κ1) is 31.5. The van der Waals surface area contributed by atoms with Crippen molar-refractivity contribution < 1.29 is 8.83 Å². The molecule has 12 rings (SSSR count). The number of fused-ring (bicyclic) bond motifs is 9. The van der Waals surface area contributed by atoms with Gasteiger partial charge in [-0.1, -0.05) is 115 Å². The number of hydrogen-bond donors (Lipinski definition) is 0. The first-order chi connectivity index (χ1) is 28.2. The Morgan fingerprint density at radius 2 is 0.877 bits per heavy atom. The van der Waals surface area contributed by atoms with Crippen LogP contribution in [-0.2, 0) is 0 Å². The largest absolute Gasteiger partial charge is 0.456 e. The third-order valence-electron chi connectivity index (χ3n) is 11.0. The van der Waals surface area contributed by atoms with Crippen molar-refractivity contribution in [3.63, 3.8) is 0 Å². The summed E-state index contributed by atoms with van der Waals surface area (Å²) >= 11 is 0. The van der Waals surface area contributed by atoms with Crippen LogP contribution >= 0.6 is 0 Å². The Balaban J connectivity index is 1.04. The molecule has 0 aliphatic carbocycles. The van der Waals surface area contributed by atoms with Crippen molar-refractivity contribution in [2.45, 2.75) is 0 Å². The van der Waals surface area contributed by atoms with Crippen molar-refractivity contribution in [1.82, 2.24) is 19.5 Å². The molecule has 0 aliphatic rings. The number of benzene rings is 8. The fraction of sp³-hybridized carbons (Fsp3) is 0. The summed E-state index contributed by atoms with van der Waals surface area (Å²) in [5.74, 6) is 1.75. The maximum Gasteiger partial charge on any atom is 0.164 e. The van der Waals surface area contributed by atoms with Crippen LogP contribution in [0.5, 0.6) is 0 Å². The highest BCUT2D eigenvalue weighted by Gasteiger charge is 2.19. The molecule has 4 aromatic heterocycles. The fourth-order valence-corrected chi connectivity index (χ4v) is 8.33. The van der Waals surface area contributed by atoms with Gasteiger partial charge in [0.15, 0.2) is 17.5 Å². The number of hydrogen-bond acceptors (Lipinski definition) is 5. The molecule has 0 unspecified atom stereocenters. The average molecular weight is 731 g/mol. The Morgan fingerprint density at radius 3 is 1.68 bits per heavy atom. The molecule has 0 atom stereocenters. The quantitative estimate of drug-likeness (QED) is 0.176. The summed E-state index contributed by atoms with van der Waals surface area (Å²) in [6, 6.07) is 62.8. The summed E-state index contributed by atoms with van der Waals surface area (Å²) in [7, 11) is 0. The van der Waals surface area contributed by atoms with Gasteiger partial charge in [-0.15, -0.1) is 0 Å². The van der Waals surface area contributed by atoms with Crippen molar-refractivity contribution in [3.8, 4) is 51.0 Å². The molecule has 0 fully saturated rings. The van der Waals surface area contributed by atoms with Crippen LogP contribution in [0, 0.1) is 0 Å². The second-order valence-corrected chi connectivity index (χ2v) is 14.4. The van der Waals surface area contributed by atoms with Crippen molar-refractivity contribution in [2.24, 2.45) is 0 Å². The number of rotatable bonds is 5. The van der Waals surface area contributed by atoms with E-state index >= 15 is 0 Å². The van der Waals surface area contributed by atoms with Gasteiger partial charge >= 0.3 is 0 Å². The number of nitrogens with zero attached hydrogens (tertiary/aromatic N) is 4. The molecule has 266 valence electrons. The lowest BCUT2D eigenvalue weighted by Crippen LogP contribution is -2.00. The molecule has 0 radical (unpaired) electrons. The number of para-hydroxylation sites is 2. The van der Waals surface area contributed by atoms with Gasteiger partial charge in [-0.05, 0) is 77.9 Å². The van der Waals surface area contributed by atoms with Gasteiger partial charge in [-0.25, -0.2) is 15.0 Å². The van der Waals surface area contributed by atoms with Gasteiger partial charge in [-0.2, -0.15) is 0 Å². The Labute approximate surface area is 325 Å². The first-order valence-corrected chi connectivity index (χ1v) is 19.0. The third-order valence-corrected chi connectivity index (χ3v) is 11.0. The summed E-state index contributed by atoms with van der Waals surface area (Å²) in [6.07, 6.45) is 0. The summed E-state index contributed by atoms with van der Waals surface area (Å²) in [5, 5.41) is 6.47. The topological polar surface area (TPSA) is 69.9 Å². The fourth-order valence-electron chi connectivity index (χ4n) is 8.33. The predicted octanol–water partition coefficient (Wildman–Crippen LogP) is 13.4. The van der Waals surface area contributed by atoms with E-state index in [1.165, 1.54) is 16.5 Å². The lowest BCUT2D eigenvalue weighted by Gasteiger charge is -2.10. The van der Waals surface area contributed by atoms with E-state index in [1.54, 1.807) is 0 Å². The van der Waals surface area contributed by atoms with Crippen molar-refractivity contribution in [1.29, 1.82) is 0 Å². The first-order valence-electron chi connectivity index (χ1n) is 19.0. The molecule has 0 saturated carbocycles. The van der Waals surface area contributed by atoms with Crippen LogP contribution in [0.2, 0.25) is 0 Å². The third kappa shape index (κ3) is 5.08. The van der Waals surface area contributed by atoms with Crippen LogP contribution in [0.3, 0.4) is 0 Å². The minimum atomic E-state index is 0.572. The molecule has 57 heavy (non-hydrogen) atoms. The second kappa shape index (κ2) is 12.3. The van der Waals surface area contributed by atoms with Gasteiger partial charge in [0, 0.05) is 54.7 Å². The highest BCUT2D eigenvalue weighted by atomic mass is 16.3. The van der Waals surface area contributed by atoms with Crippen LogP contribution in [-0.4, -0.2) is 19.5 Å². The van der Waals surface area contributed by atoms with E-state index in [4.69, 9.17) is 23.8 Å². The van der Waals surface area contributed by atoms with Crippen LogP contribution in [0.15, 0.2) is 191 Å². The molecule has 0 bridgehead atoms. The van der Waals surface area contributed by atoms with E-state index in [0.717, 1.165) is 82.7 Å². The zero-order valence-electron chi connectivity index (χ0n) is 30.4. The Kier molecular flexibility index (Phi) is 6.83. The smallest absolute Gasteiger partial charge is 0.164 e. The lowest BCUT2D eigenvalue weighted by molar-refractivity contribution is 0.669. The molecule has 0 N–H and O–H groups in total. The summed E-state index contributed by atoms with van der Waals surface area (Å²) in [4.78, 5) is 15.1. The maximum absolute atomic E-state index is 6.57. The van der Waals surface area contributed by atoms with Gasteiger partial charge in [0.2, 0.25) is 0 Å². The van der Waals surface area contributed by atoms with Crippen molar-refractivity contribution >= 4 is 65.7 Å². The van der Waals surface area contributed by atoms with Crippen molar-refractivity contribution in [2.75, 3.05) is 0 Å². The minimum absolute atomic E-state index is 0.572. The average Bonchev–Trinajstić information content (AvgIpc) is 3.94. The highest BCUT2D eigenvalue weighted by Crippen LogP contribution is 2.40. The van der Waals surface area contributed by atoms with Gasteiger partial charge in [0.05, 0.1) is 11.0 Å². The molecule has 12 aromatic rings. The van der Waals surface area contributed by atoms with E-state index in [0.29, 0.717) is 17.5 Å². The monoisotopic (exact) mass is 730 g/mol. The van der Waals surface area contributed by atoms with E-state index < -0.39 is 0 Å². The Morgan fingerprint density at radius 1 is 0.298 bits per heavy atom. The second-order valence-electron chi connectivity index (χ2n) is 14.4. The van der Waals surface area contributed by atoms with E-state index in [-0.39, 0.29) is 0 Å². The molecule has 8 aromatic carbocycles. The van der Waals surface area contributed by atoms with Gasteiger partial charge < -0.3 is 13.4 Å². The van der Waals surface area contributed by atoms with E-state index in [1.807, 2.05) is 66.7 Å². The van der Waals surface area contributed by atoms with Crippen LogP contribution in [0.25, 0.3) is 117 Å². The van der Waals surface area contributed by atoms with Gasteiger partial charge in [0.25, 0.3) is 0 Å². The van der Waals surface area contributed by atoms with Crippen molar-refractivity contribution in [3.05, 3.63) is 182 Å². The summed E-state index contributed by atoms with van der Waals surface area (Å²) < 4.78 is 15.2. The van der Waals surface area contributed by atoms with E-state index in [2.05, 4.69) is 120 Å². The molecule has 6 heteroatoms. The molecule has 4 heterocycles. The van der Waals surface area contributed by atoms with Crippen LogP contribution < -0.4 is 0 Å². The molecule has 0 saturated heterocycles. The van der Waals surface area contributed by atoms with Crippen LogP contribution in [0.4, 0.5) is 0 Å². The number of furan rings is 2. The highest BCUT2D eigenvalue weighted by molar-refractivity contribution is 6.17. The zero-order valence-corrected chi connectivity index (χ0v) is 30.4. The molecule has 6 nitrogen and oxygen atoms in total. The lowest BCUT2D eigenvalue weighted by atomic mass is 10.0. The number of aromatic nitrogens is 4. The molecule has 0 aliphatic heterocycles. The normalized spacial score (nSPS) is 11.9.